The molecule has 0 spiro atoms. The van der Waals surface area contributed by atoms with Gasteiger partial charge in [-0.15, -0.1) is 10.2 Å². The molecule has 8 heteroatoms. The maximum absolute atomic E-state index is 13.0. The first kappa shape index (κ1) is 12.2. The highest BCUT2D eigenvalue weighted by Gasteiger charge is 2.14. The minimum atomic E-state index is -0.601. The molecule has 100 valence electrons. The number of rotatable bonds is 1. The van der Waals surface area contributed by atoms with Crippen LogP contribution in [-0.2, 0) is 7.05 Å². The van der Waals surface area contributed by atoms with E-state index in [2.05, 4.69) is 15.2 Å². The highest BCUT2D eigenvalue weighted by Crippen LogP contribution is 2.10. The van der Waals surface area contributed by atoms with E-state index in [1.54, 1.807) is 0 Å². The second-order valence-corrected chi connectivity index (χ2v) is 4.09. The SMILES string of the molecule is Cn1c(=O)c2ncnnc2n(-c2ccc(F)cc2)c1=O. The number of halogens is 1. The monoisotopic (exact) mass is 273 g/mol. The third-order valence-corrected chi connectivity index (χ3v) is 2.88. The van der Waals surface area contributed by atoms with Gasteiger partial charge in [0.15, 0.2) is 11.2 Å². The van der Waals surface area contributed by atoms with Crippen LogP contribution in [0.3, 0.4) is 0 Å². The Labute approximate surface area is 111 Å². The highest BCUT2D eigenvalue weighted by molar-refractivity contribution is 5.69. The molecule has 0 aliphatic carbocycles. The summed E-state index contributed by atoms with van der Waals surface area (Å²) in [4.78, 5) is 28.0. The molecule has 0 fully saturated rings. The Balaban J connectivity index is 2.50. The molecule has 1 aromatic carbocycles. The first-order valence-electron chi connectivity index (χ1n) is 5.65. The van der Waals surface area contributed by atoms with Crippen molar-refractivity contribution in [2.75, 3.05) is 0 Å². The Kier molecular flexibility index (Phi) is 2.63. The summed E-state index contributed by atoms with van der Waals surface area (Å²) in [5.41, 5.74) is -0.729. The number of aromatic nitrogens is 5. The summed E-state index contributed by atoms with van der Waals surface area (Å²) in [6.45, 7) is 0. The van der Waals surface area contributed by atoms with Crippen molar-refractivity contribution in [1.82, 2.24) is 24.3 Å². The summed E-state index contributed by atoms with van der Waals surface area (Å²) < 4.78 is 15.1. The fourth-order valence-electron chi connectivity index (χ4n) is 1.88. The van der Waals surface area contributed by atoms with Crippen molar-refractivity contribution in [1.29, 1.82) is 0 Å². The van der Waals surface area contributed by atoms with Gasteiger partial charge in [-0.2, -0.15) is 0 Å². The zero-order valence-electron chi connectivity index (χ0n) is 10.3. The average Bonchev–Trinajstić information content (AvgIpc) is 2.47. The molecule has 0 atom stereocenters. The van der Waals surface area contributed by atoms with Crippen LogP contribution in [0.5, 0.6) is 0 Å². The smallest absolute Gasteiger partial charge is 0.267 e. The molecule has 7 nitrogen and oxygen atoms in total. The fraction of sp³-hybridized carbons (Fsp3) is 0.0833. The molecule has 0 aliphatic heterocycles. The normalized spacial score (nSPS) is 10.9. The van der Waals surface area contributed by atoms with E-state index in [4.69, 9.17) is 0 Å². The van der Waals surface area contributed by atoms with Gasteiger partial charge in [-0.05, 0) is 24.3 Å². The van der Waals surface area contributed by atoms with E-state index in [1.165, 1.54) is 31.3 Å². The van der Waals surface area contributed by atoms with Crippen molar-refractivity contribution < 1.29 is 4.39 Å². The van der Waals surface area contributed by atoms with E-state index >= 15 is 0 Å². The zero-order chi connectivity index (χ0) is 14.3. The summed E-state index contributed by atoms with van der Waals surface area (Å²) in [5.74, 6) is -0.430. The van der Waals surface area contributed by atoms with E-state index in [0.29, 0.717) is 5.69 Å². The van der Waals surface area contributed by atoms with Gasteiger partial charge in [0.1, 0.15) is 12.1 Å². The molecule has 0 saturated carbocycles. The Bertz CT molecular complexity index is 914. The van der Waals surface area contributed by atoms with Gasteiger partial charge in [0.25, 0.3) is 5.56 Å². The number of nitrogens with zero attached hydrogens (tertiary/aromatic N) is 5. The Morgan fingerprint density at radius 2 is 1.85 bits per heavy atom. The van der Waals surface area contributed by atoms with Crippen LogP contribution >= 0.6 is 0 Å². The molecule has 3 aromatic rings. The average molecular weight is 273 g/mol. The van der Waals surface area contributed by atoms with E-state index in [0.717, 1.165) is 15.5 Å². The molecule has 0 amide bonds. The second-order valence-electron chi connectivity index (χ2n) is 4.09. The number of hydrogen-bond donors (Lipinski definition) is 0. The van der Waals surface area contributed by atoms with Crippen LogP contribution in [0.4, 0.5) is 4.39 Å². The molecule has 0 radical (unpaired) electrons. The van der Waals surface area contributed by atoms with Crippen molar-refractivity contribution in [3.63, 3.8) is 0 Å². The van der Waals surface area contributed by atoms with Crippen molar-refractivity contribution in [3.05, 3.63) is 57.2 Å². The second kappa shape index (κ2) is 4.34. The van der Waals surface area contributed by atoms with Crippen LogP contribution in [-0.4, -0.2) is 24.3 Å². The third kappa shape index (κ3) is 1.69. The van der Waals surface area contributed by atoms with Crippen LogP contribution in [0.15, 0.2) is 40.2 Å². The standard InChI is InChI=1S/C12H8FN5O2/c1-17-11(19)9-10(16-15-6-14-9)18(12(17)20)8-4-2-7(13)3-5-8/h2-6H,1H3. The molecule has 0 saturated heterocycles. The quantitative estimate of drug-likeness (QED) is 0.624. The minimum Gasteiger partial charge on any atom is -0.267 e. The van der Waals surface area contributed by atoms with Gasteiger partial charge in [-0.3, -0.25) is 9.36 Å². The lowest BCUT2D eigenvalue weighted by atomic mass is 10.3. The summed E-state index contributed by atoms with van der Waals surface area (Å²) in [6, 6.07) is 5.25. The molecule has 0 unspecified atom stereocenters. The Morgan fingerprint density at radius 3 is 2.55 bits per heavy atom. The zero-order valence-corrected chi connectivity index (χ0v) is 10.3. The van der Waals surface area contributed by atoms with Crippen molar-refractivity contribution in [2.45, 2.75) is 0 Å². The summed E-state index contributed by atoms with van der Waals surface area (Å²) in [6.07, 6.45) is 1.13. The fourth-order valence-corrected chi connectivity index (χ4v) is 1.88. The highest BCUT2D eigenvalue weighted by atomic mass is 19.1. The molecule has 20 heavy (non-hydrogen) atoms. The Hall–Kier alpha value is -2.90. The predicted molar refractivity (Wildman–Crippen MR) is 68.1 cm³/mol. The van der Waals surface area contributed by atoms with Crippen LogP contribution in [0.25, 0.3) is 16.9 Å². The minimum absolute atomic E-state index is 0.0198. The van der Waals surface area contributed by atoms with Gasteiger partial charge in [-0.1, -0.05) is 0 Å². The third-order valence-electron chi connectivity index (χ3n) is 2.88. The van der Waals surface area contributed by atoms with E-state index < -0.39 is 17.1 Å². The molecular weight excluding hydrogens is 265 g/mol. The lowest BCUT2D eigenvalue weighted by Crippen LogP contribution is -2.38. The van der Waals surface area contributed by atoms with Gasteiger partial charge in [0.2, 0.25) is 0 Å². The first-order valence-corrected chi connectivity index (χ1v) is 5.65. The lowest BCUT2D eigenvalue weighted by molar-refractivity contribution is 0.627. The van der Waals surface area contributed by atoms with Gasteiger partial charge in [0, 0.05) is 7.05 Å². The molecule has 3 rings (SSSR count). The van der Waals surface area contributed by atoms with E-state index in [-0.39, 0.29) is 11.2 Å². The topological polar surface area (TPSA) is 82.7 Å². The molecule has 0 bridgehead atoms. The summed E-state index contributed by atoms with van der Waals surface area (Å²) in [5, 5.41) is 7.37. The van der Waals surface area contributed by atoms with Crippen molar-refractivity contribution in [2.24, 2.45) is 7.05 Å². The number of hydrogen-bond acceptors (Lipinski definition) is 5. The molecule has 2 heterocycles. The lowest BCUT2D eigenvalue weighted by Gasteiger charge is -2.09. The van der Waals surface area contributed by atoms with Crippen molar-refractivity contribution >= 4 is 11.2 Å². The van der Waals surface area contributed by atoms with Gasteiger partial charge >= 0.3 is 5.69 Å². The van der Waals surface area contributed by atoms with E-state index in [1.807, 2.05) is 0 Å². The molecule has 2 aromatic heterocycles. The number of fused-ring (bicyclic) bond motifs is 1. The predicted octanol–water partition coefficient (Wildman–Crippen LogP) is 0.0135. The van der Waals surface area contributed by atoms with Crippen LogP contribution < -0.4 is 11.2 Å². The summed E-state index contributed by atoms with van der Waals surface area (Å²) >= 11 is 0. The molecule has 0 N–H and O–H groups in total. The number of benzene rings is 1. The van der Waals surface area contributed by atoms with Crippen LogP contribution in [0, 0.1) is 5.82 Å². The largest absolute Gasteiger partial charge is 0.337 e. The van der Waals surface area contributed by atoms with Crippen LogP contribution in [0.2, 0.25) is 0 Å². The maximum atomic E-state index is 13.0. The first-order chi connectivity index (χ1) is 9.59. The Morgan fingerprint density at radius 1 is 1.15 bits per heavy atom. The van der Waals surface area contributed by atoms with E-state index in [9.17, 15) is 14.0 Å². The van der Waals surface area contributed by atoms with Gasteiger partial charge in [0.05, 0.1) is 5.69 Å². The molecule has 0 aliphatic rings. The molecular formula is C12H8FN5O2. The van der Waals surface area contributed by atoms with Gasteiger partial charge in [-0.25, -0.2) is 18.7 Å². The maximum Gasteiger partial charge on any atom is 0.337 e. The summed E-state index contributed by atoms with van der Waals surface area (Å²) in [7, 11) is 1.34. The van der Waals surface area contributed by atoms with Crippen LogP contribution in [0.1, 0.15) is 0 Å². The van der Waals surface area contributed by atoms with Gasteiger partial charge < -0.3 is 0 Å². The van der Waals surface area contributed by atoms with Crippen molar-refractivity contribution in [3.8, 4) is 5.69 Å².